The minimum absolute atomic E-state index is 0.318. The van der Waals surface area contributed by atoms with Gasteiger partial charge >= 0.3 is 0 Å². The topological polar surface area (TPSA) is 29.5 Å². The van der Waals surface area contributed by atoms with Crippen LogP contribution < -0.4 is 4.74 Å². The van der Waals surface area contributed by atoms with E-state index in [4.69, 9.17) is 4.74 Å². The normalized spacial score (nSPS) is 12.2. The van der Waals surface area contributed by atoms with Crippen LogP contribution in [0.2, 0.25) is 0 Å². The summed E-state index contributed by atoms with van der Waals surface area (Å²) in [6.07, 6.45) is -0.800. The Hall–Kier alpha value is -1.39. The molecule has 2 rings (SSSR count). The third kappa shape index (κ3) is 3.33. The smallest absolute Gasteiger partial charge is 0.123 e. The maximum absolute atomic E-state index is 12.9. The molecule has 0 radical (unpaired) electrons. The zero-order valence-electron chi connectivity index (χ0n) is 10.4. The molecule has 0 spiro atoms. The maximum atomic E-state index is 12.9. The van der Waals surface area contributed by atoms with Crippen molar-refractivity contribution in [2.45, 2.75) is 13.0 Å². The molecule has 0 bridgehead atoms. The molecule has 1 unspecified atom stereocenters. The van der Waals surface area contributed by atoms with Crippen LogP contribution in [0, 0.1) is 5.82 Å². The lowest BCUT2D eigenvalue weighted by Gasteiger charge is -2.14. The first-order valence-electron chi connectivity index (χ1n) is 5.97. The van der Waals surface area contributed by atoms with Gasteiger partial charge < -0.3 is 9.84 Å². The lowest BCUT2D eigenvalue weighted by Crippen LogP contribution is -2.01. The summed E-state index contributed by atoms with van der Waals surface area (Å²) in [5, 5.41) is 10.3. The molecule has 0 heterocycles. The average Bonchev–Trinajstić information content (AvgIpc) is 2.39. The van der Waals surface area contributed by atoms with Gasteiger partial charge in [-0.1, -0.05) is 34.1 Å². The van der Waals surface area contributed by atoms with E-state index in [0.29, 0.717) is 12.2 Å². The highest BCUT2D eigenvalue weighted by molar-refractivity contribution is 9.10. The molecule has 0 saturated heterocycles. The second kappa shape index (κ2) is 6.17. The Balaban J connectivity index is 2.28. The first kappa shape index (κ1) is 14.0. The van der Waals surface area contributed by atoms with E-state index in [0.717, 1.165) is 15.8 Å². The Morgan fingerprint density at radius 3 is 2.47 bits per heavy atom. The van der Waals surface area contributed by atoms with Gasteiger partial charge in [0, 0.05) is 4.47 Å². The predicted octanol–water partition coefficient (Wildman–Crippen LogP) is 4.07. The number of ether oxygens (including phenoxy) is 1. The molecule has 1 atom stereocenters. The van der Waals surface area contributed by atoms with Crippen molar-refractivity contribution in [2.24, 2.45) is 0 Å². The minimum atomic E-state index is -0.800. The molecule has 0 amide bonds. The average molecular weight is 325 g/mol. The molecular weight excluding hydrogens is 311 g/mol. The van der Waals surface area contributed by atoms with Gasteiger partial charge in [-0.2, -0.15) is 0 Å². The van der Waals surface area contributed by atoms with Crippen LogP contribution in [0.3, 0.4) is 0 Å². The van der Waals surface area contributed by atoms with Crippen LogP contribution in [0.5, 0.6) is 5.75 Å². The Morgan fingerprint density at radius 1 is 1.21 bits per heavy atom. The van der Waals surface area contributed by atoms with Gasteiger partial charge in [-0.15, -0.1) is 0 Å². The van der Waals surface area contributed by atoms with Crippen LogP contribution >= 0.6 is 15.9 Å². The molecule has 2 aromatic rings. The van der Waals surface area contributed by atoms with Crippen LogP contribution in [-0.4, -0.2) is 11.7 Å². The highest BCUT2D eigenvalue weighted by atomic mass is 79.9. The van der Waals surface area contributed by atoms with E-state index < -0.39 is 6.10 Å². The molecular formula is C15H14BrFO2. The van der Waals surface area contributed by atoms with Gasteiger partial charge in [0.05, 0.1) is 6.61 Å². The van der Waals surface area contributed by atoms with Gasteiger partial charge in [-0.25, -0.2) is 4.39 Å². The lowest BCUT2D eigenvalue weighted by molar-refractivity contribution is 0.219. The molecule has 0 fully saturated rings. The zero-order chi connectivity index (χ0) is 13.8. The van der Waals surface area contributed by atoms with Crippen LogP contribution in [0.15, 0.2) is 46.9 Å². The number of hydrogen-bond acceptors (Lipinski definition) is 2. The summed E-state index contributed by atoms with van der Waals surface area (Å²) >= 11 is 3.42. The lowest BCUT2D eigenvalue weighted by atomic mass is 10.0. The van der Waals surface area contributed by atoms with Gasteiger partial charge in [0.25, 0.3) is 0 Å². The third-order valence-electron chi connectivity index (χ3n) is 2.76. The largest absolute Gasteiger partial charge is 0.494 e. The Kier molecular flexibility index (Phi) is 4.56. The van der Waals surface area contributed by atoms with E-state index in [9.17, 15) is 9.50 Å². The van der Waals surface area contributed by atoms with Crippen molar-refractivity contribution in [1.82, 2.24) is 0 Å². The fraction of sp³-hybridized carbons (Fsp3) is 0.200. The molecule has 0 saturated carbocycles. The van der Waals surface area contributed by atoms with Crippen LogP contribution in [0.4, 0.5) is 4.39 Å². The van der Waals surface area contributed by atoms with Crippen LogP contribution in [0.25, 0.3) is 0 Å². The molecule has 2 nitrogen and oxygen atoms in total. The molecule has 100 valence electrons. The number of benzene rings is 2. The summed E-state index contributed by atoms with van der Waals surface area (Å²) in [6.45, 7) is 2.50. The Labute approximate surface area is 120 Å². The van der Waals surface area contributed by atoms with Crippen LogP contribution in [-0.2, 0) is 0 Å². The highest BCUT2D eigenvalue weighted by Crippen LogP contribution is 2.31. The first-order chi connectivity index (χ1) is 9.11. The number of halogens is 2. The van der Waals surface area contributed by atoms with Crippen molar-refractivity contribution in [3.8, 4) is 5.75 Å². The van der Waals surface area contributed by atoms with Gasteiger partial charge in [0.1, 0.15) is 17.7 Å². The quantitative estimate of drug-likeness (QED) is 0.918. The number of hydrogen-bond donors (Lipinski definition) is 1. The second-order valence-electron chi connectivity index (χ2n) is 4.07. The van der Waals surface area contributed by atoms with Gasteiger partial charge in [0.2, 0.25) is 0 Å². The van der Waals surface area contributed by atoms with E-state index in [1.54, 1.807) is 24.3 Å². The summed E-state index contributed by atoms with van der Waals surface area (Å²) in [5.74, 6) is 0.422. The molecule has 0 aliphatic carbocycles. The van der Waals surface area contributed by atoms with E-state index in [-0.39, 0.29) is 5.82 Å². The maximum Gasteiger partial charge on any atom is 0.123 e. The fourth-order valence-electron chi connectivity index (χ4n) is 1.81. The Morgan fingerprint density at radius 2 is 1.89 bits per heavy atom. The van der Waals surface area contributed by atoms with Crippen LogP contribution in [0.1, 0.15) is 24.2 Å². The van der Waals surface area contributed by atoms with Crippen molar-refractivity contribution in [1.29, 1.82) is 0 Å². The van der Waals surface area contributed by atoms with Gasteiger partial charge in [-0.3, -0.25) is 0 Å². The minimum Gasteiger partial charge on any atom is -0.494 e. The zero-order valence-corrected chi connectivity index (χ0v) is 12.0. The summed E-state index contributed by atoms with van der Waals surface area (Å²) in [5.41, 5.74) is 1.36. The summed E-state index contributed by atoms with van der Waals surface area (Å²) in [7, 11) is 0. The molecule has 0 aliphatic heterocycles. The monoisotopic (exact) mass is 324 g/mol. The summed E-state index contributed by atoms with van der Waals surface area (Å²) in [6, 6.07) is 11.2. The number of rotatable bonds is 4. The van der Waals surface area contributed by atoms with E-state index in [1.807, 2.05) is 13.0 Å². The molecule has 0 aromatic heterocycles. The molecule has 2 aromatic carbocycles. The molecule has 0 aliphatic rings. The summed E-state index contributed by atoms with van der Waals surface area (Å²) in [4.78, 5) is 0. The number of aliphatic hydroxyl groups excluding tert-OH is 1. The van der Waals surface area contributed by atoms with E-state index >= 15 is 0 Å². The van der Waals surface area contributed by atoms with Crippen molar-refractivity contribution >= 4 is 15.9 Å². The van der Waals surface area contributed by atoms with Gasteiger partial charge in [0.15, 0.2) is 0 Å². The van der Waals surface area contributed by atoms with E-state index in [2.05, 4.69) is 15.9 Å². The van der Waals surface area contributed by atoms with Crippen molar-refractivity contribution in [3.63, 3.8) is 0 Å². The number of aliphatic hydroxyl groups is 1. The molecule has 19 heavy (non-hydrogen) atoms. The van der Waals surface area contributed by atoms with E-state index in [1.165, 1.54) is 12.1 Å². The summed E-state index contributed by atoms with van der Waals surface area (Å²) < 4.78 is 19.0. The SMILES string of the molecule is CCOc1ccc(C(O)c2ccc(F)cc2)c(Br)c1. The first-order valence-corrected chi connectivity index (χ1v) is 6.77. The fourth-order valence-corrected chi connectivity index (χ4v) is 2.39. The third-order valence-corrected chi connectivity index (χ3v) is 3.45. The highest BCUT2D eigenvalue weighted by Gasteiger charge is 2.14. The van der Waals surface area contributed by atoms with Crippen molar-refractivity contribution in [3.05, 3.63) is 63.9 Å². The van der Waals surface area contributed by atoms with Crippen molar-refractivity contribution in [2.75, 3.05) is 6.61 Å². The molecule has 1 N–H and O–H groups in total. The standard InChI is InChI=1S/C15H14BrFO2/c1-2-19-12-7-8-13(14(16)9-12)15(18)10-3-5-11(17)6-4-10/h3-9,15,18H,2H2,1H3. The molecule has 4 heteroatoms. The van der Waals surface area contributed by atoms with Crippen molar-refractivity contribution < 1.29 is 14.2 Å². The van der Waals surface area contributed by atoms with Gasteiger partial charge in [-0.05, 0) is 42.3 Å². The second-order valence-corrected chi connectivity index (χ2v) is 4.92. The Bertz CT molecular complexity index is 555. The predicted molar refractivity (Wildman–Crippen MR) is 75.8 cm³/mol.